The van der Waals surface area contributed by atoms with Crippen molar-refractivity contribution in [2.24, 2.45) is 5.73 Å². The van der Waals surface area contributed by atoms with E-state index in [2.05, 4.69) is 28.0 Å². The van der Waals surface area contributed by atoms with Crippen molar-refractivity contribution in [3.63, 3.8) is 0 Å². The molecular formula is C13H21N5. The van der Waals surface area contributed by atoms with Gasteiger partial charge in [-0.2, -0.15) is 5.10 Å². The fraction of sp³-hybridized carbons (Fsp3) is 0.538. The van der Waals surface area contributed by atoms with E-state index in [0.29, 0.717) is 6.54 Å². The van der Waals surface area contributed by atoms with Gasteiger partial charge in [-0.25, -0.2) is 9.50 Å². The number of fused-ring (bicyclic) bond motifs is 1. The van der Waals surface area contributed by atoms with Crippen molar-refractivity contribution in [1.82, 2.24) is 14.6 Å². The number of rotatable bonds is 6. The zero-order valence-electron chi connectivity index (χ0n) is 11.1. The number of nitrogens with zero attached hydrogens (tertiary/aromatic N) is 4. The molecule has 5 heteroatoms. The Kier molecular flexibility index (Phi) is 4.15. The number of anilines is 1. The van der Waals surface area contributed by atoms with Crippen LogP contribution in [0.5, 0.6) is 0 Å². The topological polar surface area (TPSA) is 59.5 Å². The Bertz CT molecular complexity index is 505. The van der Waals surface area contributed by atoms with Crippen LogP contribution >= 0.6 is 0 Å². The first-order valence-corrected chi connectivity index (χ1v) is 6.52. The van der Waals surface area contributed by atoms with Crippen LogP contribution in [0, 0.1) is 6.92 Å². The second-order valence-electron chi connectivity index (χ2n) is 4.50. The van der Waals surface area contributed by atoms with Crippen molar-refractivity contribution in [3.8, 4) is 0 Å². The lowest BCUT2D eigenvalue weighted by Crippen LogP contribution is -2.28. The fourth-order valence-corrected chi connectivity index (χ4v) is 2.15. The number of hydrogen-bond donors (Lipinski definition) is 1. The number of aromatic nitrogens is 3. The molecule has 0 fully saturated rings. The van der Waals surface area contributed by atoms with E-state index in [0.717, 1.165) is 43.0 Å². The van der Waals surface area contributed by atoms with E-state index in [1.807, 2.05) is 17.6 Å². The molecular weight excluding hydrogens is 226 g/mol. The van der Waals surface area contributed by atoms with E-state index >= 15 is 0 Å². The summed E-state index contributed by atoms with van der Waals surface area (Å²) in [6.07, 6.45) is 5.77. The lowest BCUT2D eigenvalue weighted by molar-refractivity contribution is 0.711. The predicted octanol–water partition coefficient (Wildman–Crippen LogP) is 1.60. The van der Waals surface area contributed by atoms with E-state index in [1.54, 1.807) is 6.20 Å². The Hall–Kier alpha value is -1.62. The van der Waals surface area contributed by atoms with E-state index in [4.69, 9.17) is 5.73 Å². The summed E-state index contributed by atoms with van der Waals surface area (Å²) in [4.78, 5) is 6.81. The van der Waals surface area contributed by atoms with Gasteiger partial charge in [0, 0.05) is 25.5 Å². The summed E-state index contributed by atoms with van der Waals surface area (Å²) in [6.45, 7) is 6.83. The minimum Gasteiger partial charge on any atom is -0.355 e. The molecule has 2 N–H and O–H groups in total. The van der Waals surface area contributed by atoms with Crippen LogP contribution in [0.1, 0.15) is 25.5 Å². The molecule has 2 rings (SSSR count). The third-order valence-electron chi connectivity index (χ3n) is 2.92. The average molecular weight is 247 g/mol. The Balaban J connectivity index is 2.36. The quantitative estimate of drug-likeness (QED) is 0.842. The second-order valence-corrected chi connectivity index (χ2v) is 4.50. The molecule has 5 nitrogen and oxygen atoms in total. The SMILES string of the molecule is CCCN(CCCN)c1nccn2nc(C)cc12. The molecule has 0 aromatic carbocycles. The minimum atomic E-state index is 0.710. The van der Waals surface area contributed by atoms with Gasteiger partial charge >= 0.3 is 0 Å². The molecule has 18 heavy (non-hydrogen) atoms. The van der Waals surface area contributed by atoms with Crippen molar-refractivity contribution in [2.45, 2.75) is 26.7 Å². The van der Waals surface area contributed by atoms with Gasteiger partial charge < -0.3 is 10.6 Å². The van der Waals surface area contributed by atoms with Crippen molar-refractivity contribution in [2.75, 3.05) is 24.5 Å². The summed E-state index contributed by atoms with van der Waals surface area (Å²) >= 11 is 0. The van der Waals surface area contributed by atoms with Crippen LogP contribution in [-0.2, 0) is 0 Å². The minimum absolute atomic E-state index is 0.710. The maximum absolute atomic E-state index is 5.60. The molecule has 0 aliphatic carbocycles. The smallest absolute Gasteiger partial charge is 0.154 e. The van der Waals surface area contributed by atoms with Gasteiger partial charge in [0.25, 0.3) is 0 Å². The molecule has 2 aromatic heterocycles. The third kappa shape index (κ3) is 2.61. The molecule has 0 amide bonds. The van der Waals surface area contributed by atoms with E-state index in [9.17, 15) is 0 Å². The number of hydrogen-bond acceptors (Lipinski definition) is 4. The molecule has 0 atom stereocenters. The van der Waals surface area contributed by atoms with Gasteiger partial charge in [0.15, 0.2) is 5.82 Å². The number of aryl methyl sites for hydroxylation is 1. The zero-order chi connectivity index (χ0) is 13.0. The van der Waals surface area contributed by atoms with Gasteiger partial charge in [-0.05, 0) is 32.4 Å². The Labute approximate surface area is 108 Å². The van der Waals surface area contributed by atoms with Crippen LogP contribution in [0.4, 0.5) is 5.82 Å². The second kappa shape index (κ2) is 5.82. The summed E-state index contributed by atoms with van der Waals surface area (Å²) in [5, 5.41) is 4.42. The summed E-state index contributed by atoms with van der Waals surface area (Å²) in [5.74, 6) is 1.01. The van der Waals surface area contributed by atoms with Gasteiger partial charge in [0.05, 0.1) is 5.69 Å². The highest BCUT2D eigenvalue weighted by atomic mass is 15.3. The molecule has 0 saturated heterocycles. The molecule has 0 aliphatic rings. The lowest BCUT2D eigenvalue weighted by Gasteiger charge is -2.23. The highest BCUT2D eigenvalue weighted by molar-refractivity contribution is 5.69. The zero-order valence-corrected chi connectivity index (χ0v) is 11.1. The monoisotopic (exact) mass is 247 g/mol. The van der Waals surface area contributed by atoms with Crippen LogP contribution < -0.4 is 10.6 Å². The van der Waals surface area contributed by atoms with E-state index in [-0.39, 0.29) is 0 Å². The first-order chi connectivity index (χ1) is 8.76. The molecule has 0 spiro atoms. The van der Waals surface area contributed by atoms with Gasteiger partial charge in [-0.3, -0.25) is 0 Å². The largest absolute Gasteiger partial charge is 0.355 e. The predicted molar refractivity (Wildman–Crippen MR) is 73.9 cm³/mol. The summed E-state index contributed by atoms with van der Waals surface area (Å²) in [5.41, 5.74) is 7.69. The Morgan fingerprint density at radius 2 is 2.22 bits per heavy atom. The van der Waals surface area contributed by atoms with E-state index < -0.39 is 0 Å². The normalized spacial score (nSPS) is 11.1. The van der Waals surface area contributed by atoms with Crippen LogP contribution in [0.15, 0.2) is 18.5 Å². The lowest BCUT2D eigenvalue weighted by atomic mass is 10.3. The molecule has 0 unspecified atom stereocenters. The van der Waals surface area contributed by atoms with Crippen molar-refractivity contribution in [1.29, 1.82) is 0 Å². The molecule has 2 heterocycles. The van der Waals surface area contributed by atoms with Gasteiger partial charge in [-0.15, -0.1) is 0 Å². The van der Waals surface area contributed by atoms with Gasteiger partial charge in [-0.1, -0.05) is 6.92 Å². The molecule has 2 aromatic rings. The van der Waals surface area contributed by atoms with Crippen molar-refractivity contribution in [3.05, 3.63) is 24.2 Å². The maximum Gasteiger partial charge on any atom is 0.154 e. The molecule has 0 radical (unpaired) electrons. The van der Waals surface area contributed by atoms with Crippen molar-refractivity contribution >= 4 is 11.3 Å². The van der Waals surface area contributed by atoms with E-state index in [1.165, 1.54) is 0 Å². The molecule has 0 saturated carbocycles. The first kappa shape index (κ1) is 12.8. The standard InChI is InChI=1S/C13H21N5/c1-3-7-17(8-4-5-14)13-12-10-11(2)16-18(12)9-6-15-13/h6,9-10H,3-5,7-8,14H2,1-2H3. The highest BCUT2D eigenvalue weighted by Crippen LogP contribution is 2.19. The van der Waals surface area contributed by atoms with Crippen LogP contribution in [0.25, 0.3) is 5.52 Å². The van der Waals surface area contributed by atoms with Gasteiger partial charge in [0.2, 0.25) is 0 Å². The first-order valence-electron chi connectivity index (χ1n) is 6.52. The van der Waals surface area contributed by atoms with Crippen LogP contribution in [0.2, 0.25) is 0 Å². The fourth-order valence-electron chi connectivity index (χ4n) is 2.15. The summed E-state index contributed by atoms with van der Waals surface area (Å²) in [6, 6.07) is 2.08. The van der Waals surface area contributed by atoms with Crippen LogP contribution in [0.3, 0.4) is 0 Å². The third-order valence-corrected chi connectivity index (χ3v) is 2.92. The molecule has 98 valence electrons. The highest BCUT2D eigenvalue weighted by Gasteiger charge is 2.12. The van der Waals surface area contributed by atoms with Crippen molar-refractivity contribution < 1.29 is 0 Å². The maximum atomic E-state index is 5.60. The number of nitrogens with two attached hydrogens (primary N) is 1. The average Bonchev–Trinajstić information content (AvgIpc) is 2.74. The van der Waals surface area contributed by atoms with Gasteiger partial charge in [0.1, 0.15) is 5.52 Å². The van der Waals surface area contributed by atoms with Crippen LogP contribution in [-0.4, -0.2) is 34.2 Å². The molecule has 0 aliphatic heterocycles. The Morgan fingerprint density at radius 1 is 1.39 bits per heavy atom. The molecule has 0 bridgehead atoms. The summed E-state index contributed by atoms with van der Waals surface area (Å²) in [7, 11) is 0. The Morgan fingerprint density at radius 3 is 2.94 bits per heavy atom. The summed E-state index contributed by atoms with van der Waals surface area (Å²) < 4.78 is 1.89.